The van der Waals surface area contributed by atoms with Crippen molar-refractivity contribution in [2.24, 2.45) is 0 Å². The van der Waals surface area contributed by atoms with Crippen LogP contribution in [0.1, 0.15) is 43.0 Å². The quantitative estimate of drug-likeness (QED) is 0.143. The Morgan fingerprint density at radius 2 is 0.431 bits per heavy atom. The molecule has 0 aliphatic carbocycles. The van der Waals surface area contributed by atoms with Crippen LogP contribution >= 0.6 is 0 Å². The van der Waals surface area contributed by atoms with E-state index in [4.69, 9.17) is 15.0 Å². The molecular formula is C124H88N6. The molecule has 26 aromatic rings. The number of pyridine rings is 3. The molecule has 0 spiro atoms. The van der Waals surface area contributed by atoms with Gasteiger partial charge in [-0.25, -0.2) is 15.0 Å². The van der Waals surface area contributed by atoms with E-state index >= 15 is 0 Å². The van der Waals surface area contributed by atoms with Crippen LogP contribution < -0.4 is 0 Å². The Labute approximate surface area is 753 Å². The number of aryl methyl sites for hydroxylation is 3. The Morgan fingerprint density at radius 3 is 0.754 bits per heavy atom. The number of hydrogen-bond acceptors (Lipinski definition) is 3. The number of nitrogens with zero attached hydrogens (tertiary/aromatic N) is 6. The third-order valence-electron chi connectivity index (χ3n) is 26.8. The molecule has 130 heavy (non-hydrogen) atoms. The van der Waals surface area contributed by atoms with Crippen molar-refractivity contribution in [1.29, 1.82) is 0 Å². The van der Waals surface area contributed by atoms with Crippen molar-refractivity contribution in [3.63, 3.8) is 0 Å². The van der Waals surface area contributed by atoms with Gasteiger partial charge in [0.1, 0.15) is 0 Å². The largest absolute Gasteiger partial charge is 0.309 e. The van der Waals surface area contributed by atoms with Crippen molar-refractivity contribution < 1.29 is 0 Å². The van der Waals surface area contributed by atoms with Gasteiger partial charge in [0.15, 0.2) is 0 Å². The molecule has 26 rings (SSSR count). The molecule has 0 saturated carbocycles. The van der Waals surface area contributed by atoms with E-state index in [0.717, 1.165) is 78.5 Å². The van der Waals surface area contributed by atoms with E-state index in [-0.39, 0.29) is 5.41 Å². The highest BCUT2D eigenvalue weighted by atomic mass is 15.0. The summed E-state index contributed by atoms with van der Waals surface area (Å²) in [5.74, 6) is 0. The second kappa shape index (κ2) is 31.0. The summed E-state index contributed by atoms with van der Waals surface area (Å²) < 4.78 is 7.15. The molecule has 0 saturated heterocycles. The molecule has 0 atom stereocenters. The van der Waals surface area contributed by atoms with E-state index in [1.54, 1.807) is 0 Å². The summed E-state index contributed by atoms with van der Waals surface area (Å²) in [6.07, 6.45) is 0. The first-order chi connectivity index (χ1) is 63.9. The van der Waals surface area contributed by atoms with Crippen molar-refractivity contribution in [1.82, 2.24) is 28.7 Å². The molecular weight excluding hydrogens is 1570 g/mol. The molecule has 6 heteroatoms. The second-order valence-corrected chi connectivity index (χ2v) is 35.8. The first kappa shape index (κ1) is 77.2. The van der Waals surface area contributed by atoms with E-state index in [0.29, 0.717) is 0 Å². The molecule has 0 fully saturated rings. The first-order valence-corrected chi connectivity index (χ1v) is 45.0. The number of rotatable bonds is 8. The highest BCUT2D eigenvalue weighted by Gasteiger charge is 2.27. The summed E-state index contributed by atoms with van der Waals surface area (Å²) in [5, 5.41) is 25.9. The maximum atomic E-state index is 5.64. The van der Waals surface area contributed by atoms with Gasteiger partial charge in [0.2, 0.25) is 0 Å². The average molecular weight is 1660 g/mol. The minimum absolute atomic E-state index is 0.0912. The van der Waals surface area contributed by atoms with E-state index in [1.807, 2.05) is 0 Å². The van der Waals surface area contributed by atoms with Gasteiger partial charge in [-0.05, 0) is 193 Å². The minimum atomic E-state index is -0.0912. The van der Waals surface area contributed by atoms with Crippen molar-refractivity contribution in [2.45, 2.75) is 47.0 Å². The van der Waals surface area contributed by atoms with E-state index in [1.165, 1.54) is 180 Å². The van der Waals surface area contributed by atoms with Gasteiger partial charge in [-0.3, -0.25) is 0 Å². The lowest BCUT2D eigenvalue weighted by Crippen LogP contribution is -2.14. The van der Waals surface area contributed by atoms with Gasteiger partial charge in [-0.15, -0.1) is 0 Å². The maximum Gasteiger partial charge on any atom is 0.0794 e. The van der Waals surface area contributed by atoms with Gasteiger partial charge in [-0.1, -0.05) is 360 Å². The fourth-order valence-electron chi connectivity index (χ4n) is 21.2. The number of para-hydroxylation sites is 6. The summed E-state index contributed by atoms with van der Waals surface area (Å²) in [6, 6.07) is 153. The van der Waals surface area contributed by atoms with Gasteiger partial charge >= 0.3 is 0 Å². The van der Waals surface area contributed by atoms with Crippen molar-refractivity contribution in [2.75, 3.05) is 0 Å². The molecule has 0 amide bonds. The molecule has 0 unspecified atom stereocenters. The Morgan fingerprint density at radius 1 is 0.192 bits per heavy atom. The molecule has 6 nitrogen and oxygen atoms in total. The zero-order valence-corrected chi connectivity index (χ0v) is 73.1. The molecule has 0 aliphatic rings. The summed E-state index contributed by atoms with van der Waals surface area (Å²) in [7, 11) is 0. The lowest BCUT2D eigenvalue weighted by Gasteiger charge is -2.24. The van der Waals surface area contributed by atoms with Crippen LogP contribution in [0.4, 0.5) is 0 Å². The number of benzene rings is 20. The van der Waals surface area contributed by atoms with E-state index in [2.05, 4.69) is 480 Å². The summed E-state index contributed by atoms with van der Waals surface area (Å²) >= 11 is 0. The fraction of sp³-hybridized carbons (Fsp3) is 0.0565. The predicted molar refractivity (Wildman–Crippen MR) is 553 cm³/mol. The molecule has 6 heterocycles. The standard InChI is InChI=1S/C44H32N2.C41H26N2.C39H30N2/c1-27-23-28(2)42(29(3)24-27)39-26-38-34-17-5-4-15-32(34)33-16-6-7-20-37(33)44(38)45-43(39)30-13-12-14-31(25-30)46-40-21-10-8-18-35(40)36-19-9-11-22-41(36)46;1-2-13-27(14-3-1)36-26-37-32-19-5-4-17-30(32)31-18-6-7-22-35(31)41(37)42-40(36)28-15-12-16-29(25-28)43-38-23-10-8-20-33(38)34-21-9-11-24-39(34)43;1-39(2,3)34-24-33-29-17-5-4-15-27(29)28-16-6-7-20-32(28)38(33)40-37(34)25-13-12-14-26(23-25)41-35-21-10-8-18-30(35)31-19-9-11-22-36(31)41/h4-26H,1-3H3;1-26H;4-24H,1-3H3. The van der Waals surface area contributed by atoms with E-state index < -0.39 is 0 Å². The number of fused-ring (bicyclic) bond motifs is 27. The average Bonchev–Trinajstić information content (AvgIpc) is 1.00. The highest BCUT2D eigenvalue weighted by Crippen LogP contribution is 2.48. The third-order valence-corrected chi connectivity index (χ3v) is 26.8. The van der Waals surface area contributed by atoms with E-state index in [9.17, 15) is 0 Å². The molecule has 6 aromatic heterocycles. The van der Waals surface area contributed by atoms with Gasteiger partial charge in [0.25, 0.3) is 0 Å². The first-order valence-electron chi connectivity index (χ1n) is 45.0. The molecule has 0 bridgehead atoms. The van der Waals surface area contributed by atoms with Gasteiger partial charge < -0.3 is 13.7 Å². The summed E-state index contributed by atoms with van der Waals surface area (Å²) in [6.45, 7) is 13.5. The Hall–Kier alpha value is -16.4. The summed E-state index contributed by atoms with van der Waals surface area (Å²) in [4.78, 5) is 16.7. The lowest BCUT2D eigenvalue weighted by atomic mass is 9.82. The van der Waals surface area contributed by atoms with Gasteiger partial charge in [0, 0.05) is 110 Å². The maximum absolute atomic E-state index is 5.64. The Balaban J connectivity index is 0.000000108. The van der Waals surface area contributed by atoms with Crippen LogP contribution in [-0.2, 0) is 5.41 Å². The van der Waals surface area contributed by atoms with Crippen LogP contribution in [0.5, 0.6) is 0 Å². The second-order valence-electron chi connectivity index (χ2n) is 35.8. The zero-order chi connectivity index (χ0) is 87.0. The number of aromatic nitrogens is 6. The Bertz CT molecular complexity index is 8970. The van der Waals surface area contributed by atoms with Crippen LogP contribution in [0.25, 0.3) is 236 Å². The van der Waals surface area contributed by atoms with Crippen LogP contribution in [0, 0.1) is 20.8 Å². The van der Waals surface area contributed by atoms with Gasteiger partial charge in [-0.2, -0.15) is 0 Å². The molecule has 0 aliphatic heterocycles. The fourth-order valence-corrected chi connectivity index (χ4v) is 21.2. The smallest absolute Gasteiger partial charge is 0.0794 e. The SMILES string of the molecule is CC(C)(C)c1cc2c3ccccc3c3ccccc3c2nc1-c1cccc(-n2c3ccccc3c3ccccc32)c1.Cc1cc(C)c(-c2cc3c4ccccc4c4ccccc4c3nc2-c2cccc(-n3c4ccccc4c4ccccc43)c2)c(C)c1.c1ccc(-c2cc3c4ccccc4c4ccccc4c3nc2-c2cccc(-n3c4ccccc4c4ccccc43)c2)cc1. The monoisotopic (exact) mass is 1660 g/mol. The topological polar surface area (TPSA) is 53.5 Å². The Kier molecular flexibility index (Phi) is 18.4. The van der Waals surface area contributed by atoms with Gasteiger partial charge in [0.05, 0.1) is 66.7 Å². The van der Waals surface area contributed by atoms with Crippen molar-refractivity contribution in [3.8, 4) is 73.1 Å². The van der Waals surface area contributed by atoms with Crippen LogP contribution in [0.15, 0.2) is 425 Å². The zero-order valence-electron chi connectivity index (χ0n) is 73.1. The minimum Gasteiger partial charge on any atom is -0.309 e. The molecule has 0 N–H and O–H groups in total. The van der Waals surface area contributed by atoms with Crippen LogP contribution in [0.3, 0.4) is 0 Å². The lowest BCUT2D eigenvalue weighted by molar-refractivity contribution is 0.591. The predicted octanol–water partition coefficient (Wildman–Crippen LogP) is 33.5. The summed E-state index contributed by atoms with van der Waals surface area (Å²) in [5.41, 5.74) is 29.8. The van der Waals surface area contributed by atoms with Crippen LogP contribution in [-0.4, -0.2) is 28.7 Å². The molecule has 0 radical (unpaired) electrons. The third kappa shape index (κ3) is 12.7. The van der Waals surface area contributed by atoms with Crippen LogP contribution in [0.2, 0.25) is 0 Å². The van der Waals surface area contributed by atoms with Crippen molar-refractivity contribution >= 4 is 163 Å². The normalized spacial score (nSPS) is 11.9. The highest BCUT2D eigenvalue weighted by molar-refractivity contribution is 6.28. The molecule has 20 aromatic carbocycles. The van der Waals surface area contributed by atoms with Crippen molar-refractivity contribution in [3.05, 3.63) is 447 Å². The number of hydrogen-bond donors (Lipinski definition) is 0. The molecule has 614 valence electrons.